The molecule has 0 bridgehead atoms. The lowest BCUT2D eigenvalue weighted by Gasteiger charge is -2.26. The molecule has 26 heavy (non-hydrogen) atoms. The number of halogens is 1. The Labute approximate surface area is 159 Å². The van der Waals surface area contributed by atoms with Crippen LogP contribution in [0.3, 0.4) is 0 Å². The maximum Gasteiger partial charge on any atom is 0.317 e. The number of amides is 3. The highest BCUT2D eigenvalue weighted by atomic mass is 35.5. The summed E-state index contributed by atoms with van der Waals surface area (Å²) in [4.78, 5) is 28.8. The molecule has 1 aromatic rings. The van der Waals surface area contributed by atoms with E-state index in [0.717, 1.165) is 19.4 Å². The van der Waals surface area contributed by atoms with Crippen molar-refractivity contribution in [1.82, 2.24) is 15.1 Å². The maximum atomic E-state index is 12.6. The SMILES string of the molecule is CC(NC(=O)N1CCCN(C(=O)c2ccc(Cl)cc2)CC1)C1CCOC1. The van der Waals surface area contributed by atoms with Crippen LogP contribution in [0.15, 0.2) is 24.3 Å². The summed E-state index contributed by atoms with van der Waals surface area (Å²) < 4.78 is 5.40. The standard InChI is InChI=1S/C19H26ClN3O3/c1-14(16-7-12-26-13-16)21-19(25)23-9-2-8-22(10-11-23)18(24)15-3-5-17(20)6-4-15/h3-6,14,16H,2,7-13H2,1H3,(H,21,25). The van der Waals surface area contributed by atoms with Crippen LogP contribution < -0.4 is 5.32 Å². The fourth-order valence-corrected chi connectivity index (χ4v) is 3.58. The number of nitrogens with zero attached hydrogens (tertiary/aromatic N) is 2. The van der Waals surface area contributed by atoms with Crippen molar-refractivity contribution in [3.63, 3.8) is 0 Å². The Morgan fingerprint density at radius 2 is 1.85 bits per heavy atom. The summed E-state index contributed by atoms with van der Waals surface area (Å²) in [7, 11) is 0. The Balaban J connectivity index is 1.53. The van der Waals surface area contributed by atoms with E-state index in [2.05, 4.69) is 5.32 Å². The minimum atomic E-state index is -0.0507. The number of rotatable bonds is 3. The molecule has 0 spiro atoms. The van der Waals surface area contributed by atoms with Gasteiger partial charge >= 0.3 is 6.03 Å². The predicted molar refractivity (Wildman–Crippen MR) is 100 cm³/mol. The Morgan fingerprint density at radius 3 is 2.54 bits per heavy atom. The Hall–Kier alpha value is -1.79. The van der Waals surface area contributed by atoms with Crippen molar-refractivity contribution in [2.75, 3.05) is 39.4 Å². The molecule has 2 aliphatic heterocycles. The van der Waals surface area contributed by atoms with Crippen LogP contribution in [0.2, 0.25) is 5.02 Å². The smallest absolute Gasteiger partial charge is 0.317 e. The van der Waals surface area contributed by atoms with Gasteiger partial charge in [0.1, 0.15) is 0 Å². The first kappa shape index (κ1) is 19.0. The summed E-state index contributed by atoms with van der Waals surface area (Å²) >= 11 is 5.89. The van der Waals surface area contributed by atoms with Gasteiger partial charge in [-0.25, -0.2) is 4.79 Å². The average Bonchev–Trinajstić information content (AvgIpc) is 3.06. The largest absolute Gasteiger partial charge is 0.381 e. The second kappa shape index (κ2) is 8.73. The molecule has 2 heterocycles. The number of nitrogens with one attached hydrogen (secondary N) is 1. The zero-order valence-corrected chi connectivity index (χ0v) is 15.9. The predicted octanol–water partition coefficient (Wildman–Crippen LogP) is 2.62. The first-order valence-corrected chi connectivity index (χ1v) is 9.60. The van der Waals surface area contributed by atoms with Gasteiger partial charge in [-0.15, -0.1) is 0 Å². The van der Waals surface area contributed by atoms with Crippen molar-refractivity contribution in [3.8, 4) is 0 Å². The molecular weight excluding hydrogens is 354 g/mol. The fourth-order valence-electron chi connectivity index (χ4n) is 3.45. The second-order valence-electron chi connectivity index (χ2n) is 7.00. The minimum Gasteiger partial charge on any atom is -0.381 e. The molecule has 2 saturated heterocycles. The third kappa shape index (κ3) is 4.68. The van der Waals surface area contributed by atoms with Gasteiger partial charge in [-0.3, -0.25) is 4.79 Å². The average molecular weight is 380 g/mol. The van der Waals surface area contributed by atoms with Crippen LogP contribution in [0.5, 0.6) is 0 Å². The van der Waals surface area contributed by atoms with Crippen molar-refractivity contribution >= 4 is 23.5 Å². The summed E-state index contributed by atoms with van der Waals surface area (Å²) in [5.74, 6) is 0.370. The van der Waals surface area contributed by atoms with Crippen LogP contribution in [0.25, 0.3) is 0 Å². The fraction of sp³-hybridized carbons (Fsp3) is 0.579. The number of carbonyl (C=O) groups excluding carboxylic acids is 2. The van der Waals surface area contributed by atoms with Gasteiger partial charge in [-0.2, -0.15) is 0 Å². The maximum absolute atomic E-state index is 12.6. The van der Waals surface area contributed by atoms with Gasteiger partial charge in [0.25, 0.3) is 5.91 Å². The van der Waals surface area contributed by atoms with Crippen LogP contribution in [0.1, 0.15) is 30.1 Å². The van der Waals surface area contributed by atoms with E-state index >= 15 is 0 Å². The van der Waals surface area contributed by atoms with Crippen molar-refractivity contribution < 1.29 is 14.3 Å². The van der Waals surface area contributed by atoms with Crippen LogP contribution in [-0.2, 0) is 4.74 Å². The van der Waals surface area contributed by atoms with E-state index in [4.69, 9.17) is 16.3 Å². The van der Waals surface area contributed by atoms with Crippen molar-refractivity contribution in [3.05, 3.63) is 34.9 Å². The number of hydrogen-bond acceptors (Lipinski definition) is 3. The highest BCUT2D eigenvalue weighted by Crippen LogP contribution is 2.17. The van der Waals surface area contributed by atoms with E-state index in [0.29, 0.717) is 49.3 Å². The summed E-state index contributed by atoms with van der Waals surface area (Å²) in [6, 6.07) is 6.97. The molecule has 3 amide bonds. The highest BCUT2D eigenvalue weighted by molar-refractivity contribution is 6.30. The lowest BCUT2D eigenvalue weighted by Crippen LogP contribution is -2.47. The highest BCUT2D eigenvalue weighted by Gasteiger charge is 2.27. The lowest BCUT2D eigenvalue weighted by atomic mass is 10.0. The molecule has 6 nitrogen and oxygen atoms in total. The summed E-state index contributed by atoms with van der Waals surface area (Å²) in [6.07, 6.45) is 1.76. The summed E-state index contributed by atoms with van der Waals surface area (Å²) in [5.41, 5.74) is 0.627. The van der Waals surface area contributed by atoms with E-state index in [9.17, 15) is 9.59 Å². The monoisotopic (exact) mass is 379 g/mol. The molecule has 0 aliphatic carbocycles. The molecule has 2 aliphatic rings. The quantitative estimate of drug-likeness (QED) is 0.878. The Morgan fingerprint density at radius 1 is 1.15 bits per heavy atom. The third-order valence-electron chi connectivity index (χ3n) is 5.18. The molecule has 0 aromatic heterocycles. The van der Waals surface area contributed by atoms with E-state index in [-0.39, 0.29) is 18.0 Å². The molecule has 142 valence electrons. The molecule has 2 fully saturated rings. The summed E-state index contributed by atoms with van der Waals surface area (Å²) in [5, 5.41) is 3.70. The van der Waals surface area contributed by atoms with Crippen LogP contribution in [-0.4, -0.2) is 67.2 Å². The van der Waals surface area contributed by atoms with Gasteiger partial charge in [-0.1, -0.05) is 11.6 Å². The number of benzene rings is 1. The Bertz CT molecular complexity index is 631. The topological polar surface area (TPSA) is 61.9 Å². The molecule has 1 N–H and O–H groups in total. The van der Waals surface area contributed by atoms with Crippen molar-refractivity contribution in [2.24, 2.45) is 5.92 Å². The molecular formula is C19H26ClN3O3. The van der Waals surface area contributed by atoms with Crippen LogP contribution in [0, 0.1) is 5.92 Å². The van der Waals surface area contributed by atoms with Gasteiger partial charge in [0.05, 0.1) is 6.61 Å². The molecule has 2 unspecified atom stereocenters. The van der Waals surface area contributed by atoms with Gasteiger partial charge in [0.2, 0.25) is 0 Å². The molecule has 0 saturated carbocycles. The van der Waals surface area contributed by atoms with Gasteiger partial charge in [-0.05, 0) is 44.0 Å². The normalized spacial score (nSPS) is 22.0. The zero-order chi connectivity index (χ0) is 18.5. The first-order valence-electron chi connectivity index (χ1n) is 9.22. The van der Waals surface area contributed by atoms with Crippen LogP contribution >= 0.6 is 11.6 Å². The van der Waals surface area contributed by atoms with Gasteiger partial charge < -0.3 is 19.9 Å². The number of ether oxygens (including phenoxy) is 1. The summed E-state index contributed by atoms with van der Waals surface area (Å²) in [6.45, 7) is 5.91. The lowest BCUT2D eigenvalue weighted by molar-refractivity contribution is 0.0762. The molecule has 1 aromatic carbocycles. The molecule has 7 heteroatoms. The molecule has 0 radical (unpaired) electrons. The second-order valence-corrected chi connectivity index (χ2v) is 7.44. The van der Waals surface area contributed by atoms with E-state index in [1.165, 1.54) is 0 Å². The van der Waals surface area contributed by atoms with Crippen molar-refractivity contribution in [1.29, 1.82) is 0 Å². The van der Waals surface area contributed by atoms with E-state index in [1.54, 1.807) is 29.2 Å². The number of urea groups is 1. The molecule has 2 atom stereocenters. The minimum absolute atomic E-state index is 0.0135. The van der Waals surface area contributed by atoms with Crippen LogP contribution in [0.4, 0.5) is 4.79 Å². The third-order valence-corrected chi connectivity index (χ3v) is 5.44. The van der Waals surface area contributed by atoms with E-state index in [1.807, 2.05) is 11.8 Å². The molecule has 3 rings (SSSR count). The van der Waals surface area contributed by atoms with E-state index < -0.39 is 0 Å². The number of hydrogen-bond donors (Lipinski definition) is 1. The first-order chi connectivity index (χ1) is 12.5. The zero-order valence-electron chi connectivity index (χ0n) is 15.1. The van der Waals surface area contributed by atoms with Crippen molar-refractivity contribution in [2.45, 2.75) is 25.8 Å². The number of carbonyl (C=O) groups is 2. The van der Waals surface area contributed by atoms with Gasteiger partial charge in [0.15, 0.2) is 0 Å². The van der Waals surface area contributed by atoms with Gasteiger partial charge in [0, 0.05) is 55.3 Å². The Kier molecular flexibility index (Phi) is 6.38.